The zero-order valence-corrected chi connectivity index (χ0v) is 17.4. The summed E-state index contributed by atoms with van der Waals surface area (Å²) in [7, 11) is 0. The van der Waals surface area contributed by atoms with E-state index in [1.54, 1.807) is 49.5 Å². The number of allylic oxidation sites excluding steroid dienone is 4. The van der Waals surface area contributed by atoms with Gasteiger partial charge in [-0.1, -0.05) is 30.4 Å². The summed E-state index contributed by atoms with van der Waals surface area (Å²) in [5, 5.41) is 16.1. The molecule has 32 heavy (non-hydrogen) atoms. The zero-order valence-electron chi connectivity index (χ0n) is 17.4. The van der Waals surface area contributed by atoms with Crippen LogP contribution in [0.15, 0.2) is 72.7 Å². The Kier molecular flexibility index (Phi) is 6.91. The molecule has 0 aliphatic carbocycles. The molecule has 9 heteroatoms. The van der Waals surface area contributed by atoms with Gasteiger partial charge in [-0.05, 0) is 42.8 Å². The second kappa shape index (κ2) is 9.80. The second-order valence-corrected chi connectivity index (χ2v) is 6.96. The Morgan fingerprint density at radius 2 is 2.03 bits per heavy atom. The molecule has 0 unspecified atom stereocenters. The molecule has 0 radical (unpaired) electrons. The topological polar surface area (TPSA) is 123 Å². The molecule has 1 aromatic carbocycles. The van der Waals surface area contributed by atoms with Gasteiger partial charge in [0.15, 0.2) is 11.5 Å². The number of hydrogen-bond acceptors (Lipinski definition) is 5. The van der Waals surface area contributed by atoms with Crippen LogP contribution in [0.3, 0.4) is 0 Å². The van der Waals surface area contributed by atoms with Gasteiger partial charge in [-0.2, -0.15) is 0 Å². The van der Waals surface area contributed by atoms with Crippen LogP contribution < -0.4 is 11.1 Å². The molecule has 164 valence electrons. The molecule has 0 atom stereocenters. The summed E-state index contributed by atoms with van der Waals surface area (Å²) in [6, 6.07) is 9.91. The minimum atomic E-state index is -1.03. The van der Waals surface area contributed by atoms with Gasteiger partial charge in [0.25, 0.3) is 5.91 Å². The first-order valence-electron chi connectivity index (χ1n) is 9.70. The predicted molar refractivity (Wildman–Crippen MR) is 120 cm³/mol. The number of carboxylic acids is 1. The van der Waals surface area contributed by atoms with Crippen LogP contribution in [0, 0.1) is 0 Å². The van der Waals surface area contributed by atoms with Gasteiger partial charge < -0.3 is 16.2 Å². The van der Waals surface area contributed by atoms with Gasteiger partial charge in [-0.25, -0.2) is 13.9 Å². The number of carbonyl (C=O) groups excluding carboxylic acids is 1. The van der Waals surface area contributed by atoms with E-state index in [-0.39, 0.29) is 30.1 Å². The third kappa shape index (κ3) is 4.96. The monoisotopic (exact) mass is 435 g/mol. The number of nitrogens with zero attached hydrogens (tertiary/aromatic N) is 3. The van der Waals surface area contributed by atoms with E-state index in [9.17, 15) is 14.0 Å². The van der Waals surface area contributed by atoms with Crippen LogP contribution in [0.4, 0.5) is 10.1 Å². The van der Waals surface area contributed by atoms with Crippen LogP contribution in [0.1, 0.15) is 28.8 Å². The molecule has 2 aromatic heterocycles. The molecule has 0 bridgehead atoms. The van der Waals surface area contributed by atoms with E-state index in [4.69, 9.17) is 10.8 Å². The van der Waals surface area contributed by atoms with Gasteiger partial charge in [-0.15, -0.1) is 5.10 Å². The zero-order chi connectivity index (χ0) is 23.3. The van der Waals surface area contributed by atoms with Crippen molar-refractivity contribution in [2.24, 2.45) is 5.73 Å². The van der Waals surface area contributed by atoms with E-state index in [0.717, 1.165) is 6.08 Å². The average Bonchev–Trinajstić information content (AvgIpc) is 3.25. The lowest BCUT2D eigenvalue weighted by atomic mass is 10.1. The average molecular weight is 435 g/mol. The third-order valence-electron chi connectivity index (χ3n) is 4.60. The highest BCUT2D eigenvalue weighted by atomic mass is 19.1. The Labute approximate surface area is 183 Å². The number of aromatic nitrogens is 3. The third-order valence-corrected chi connectivity index (χ3v) is 4.60. The van der Waals surface area contributed by atoms with E-state index in [0.29, 0.717) is 22.3 Å². The van der Waals surface area contributed by atoms with Crippen LogP contribution in [0.25, 0.3) is 11.1 Å². The number of hydrogen-bond donors (Lipinski definition) is 3. The number of benzene rings is 1. The Morgan fingerprint density at radius 1 is 1.28 bits per heavy atom. The summed E-state index contributed by atoms with van der Waals surface area (Å²) < 4.78 is 16.0. The first-order valence-corrected chi connectivity index (χ1v) is 9.70. The molecule has 0 aliphatic rings. The molecule has 3 aromatic rings. The summed E-state index contributed by atoms with van der Waals surface area (Å²) in [5.41, 5.74) is 7.54. The summed E-state index contributed by atoms with van der Waals surface area (Å²) in [5.74, 6) is -2.31. The Morgan fingerprint density at radius 3 is 2.72 bits per heavy atom. The number of para-hydroxylation sites is 1. The number of rotatable bonds is 8. The number of anilines is 1. The molecular formula is C23H22FN5O3. The first-order chi connectivity index (χ1) is 15.3. The molecule has 8 nitrogen and oxygen atoms in total. The van der Waals surface area contributed by atoms with Crippen molar-refractivity contribution in [3.8, 4) is 0 Å². The van der Waals surface area contributed by atoms with E-state index < -0.39 is 17.7 Å². The van der Waals surface area contributed by atoms with Gasteiger partial charge in [0.2, 0.25) is 0 Å². The highest BCUT2D eigenvalue weighted by Crippen LogP contribution is 2.23. The smallest absolute Gasteiger partial charge is 0.307 e. The Bertz CT molecular complexity index is 1260. The lowest BCUT2D eigenvalue weighted by molar-refractivity contribution is -0.136. The lowest BCUT2D eigenvalue weighted by Gasteiger charge is -2.12. The van der Waals surface area contributed by atoms with Crippen molar-refractivity contribution >= 4 is 28.7 Å². The van der Waals surface area contributed by atoms with E-state index in [2.05, 4.69) is 22.0 Å². The molecule has 3 rings (SSSR count). The normalized spacial score (nSPS) is 12.4. The quantitative estimate of drug-likeness (QED) is 0.466. The van der Waals surface area contributed by atoms with Crippen molar-refractivity contribution in [1.82, 2.24) is 14.6 Å². The Balaban J connectivity index is 2.10. The molecule has 0 saturated carbocycles. The maximum Gasteiger partial charge on any atom is 0.307 e. The van der Waals surface area contributed by atoms with Crippen molar-refractivity contribution in [3.63, 3.8) is 0 Å². The molecule has 4 N–H and O–H groups in total. The van der Waals surface area contributed by atoms with Gasteiger partial charge in [0.1, 0.15) is 5.83 Å². The van der Waals surface area contributed by atoms with Crippen molar-refractivity contribution in [3.05, 3.63) is 89.8 Å². The van der Waals surface area contributed by atoms with Crippen LogP contribution >= 0.6 is 0 Å². The minimum Gasteiger partial charge on any atom is -0.481 e. The number of carbonyl (C=O) groups is 2. The van der Waals surface area contributed by atoms with Crippen molar-refractivity contribution in [2.75, 3.05) is 11.9 Å². The fourth-order valence-electron chi connectivity index (χ4n) is 3.01. The maximum absolute atomic E-state index is 14.6. The lowest BCUT2D eigenvalue weighted by Crippen LogP contribution is -2.19. The molecular weight excluding hydrogens is 413 g/mol. The summed E-state index contributed by atoms with van der Waals surface area (Å²) in [4.78, 5) is 28.6. The molecule has 0 fully saturated rings. The number of amides is 1. The van der Waals surface area contributed by atoms with Crippen molar-refractivity contribution in [2.45, 2.75) is 13.3 Å². The number of nitrogens with one attached hydrogen (secondary N) is 1. The van der Waals surface area contributed by atoms with Gasteiger partial charge in [-0.3, -0.25) is 9.59 Å². The summed E-state index contributed by atoms with van der Waals surface area (Å²) in [6.07, 6.45) is 3.89. The van der Waals surface area contributed by atoms with Gasteiger partial charge in [0, 0.05) is 18.4 Å². The predicted octanol–water partition coefficient (Wildman–Crippen LogP) is 3.38. The number of halogens is 1. The van der Waals surface area contributed by atoms with Gasteiger partial charge in [0.05, 0.1) is 17.5 Å². The highest BCUT2D eigenvalue weighted by molar-refractivity contribution is 6.08. The van der Waals surface area contributed by atoms with Crippen LogP contribution in [-0.4, -0.2) is 38.1 Å². The minimum absolute atomic E-state index is 0.00158. The van der Waals surface area contributed by atoms with Gasteiger partial charge >= 0.3 is 5.97 Å². The van der Waals surface area contributed by atoms with Crippen LogP contribution in [0.2, 0.25) is 0 Å². The van der Waals surface area contributed by atoms with Crippen molar-refractivity contribution in [1.29, 1.82) is 0 Å². The molecule has 0 aliphatic heterocycles. The summed E-state index contributed by atoms with van der Waals surface area (Å²) >= 11 is 0. The van der Waals surface area contributed by atoms with Crippen LogP contribution in [0.5, 0.6) is 0 Å². The fraction of sp³-hybridized carbons (Fsp3) is 0.130. The largest absolute Gasteiger partial charge is 0.481 e. The first kappa shape index (κ1) is 22.6. The number of nitrogens with two attached hydrogens (primary N) is 1. The Hall–Kier alpha value is -4.11. The molecule has 2 heterocycles. The van der Waals surface area contributed by atoms with Crippen molar-refractivity contribution < 1.29 is 19.1 Å². The van der Waals surface area contributed by atoms with Crippen LogP contribution in [-0.2, 0) is 11.2 Å². The standard InChI is InChI=1S/C23H22FN5O3/c1-3-17(24)16(11-14(2)13-25)22-27-21(19-9-6-10-29(19)28-22)23(32)26-18-8-5-4-7-15(18)12-20(30)31/h3-11H,1,12-13,25H2,2H3,(H,26,32)(H,30,31)/b14-11+,17-16-. The number of fused-ring (bicyclic) bond motifs is 1. The van der Waals surface area contributed by atoms with E-state index >= 15 is 0 Å². The van der Waals surface area contributed by atoms with E-state index in [1.165, 1.54) is 10.6 Å². The maximum atomic E-state index is 14.6. The highest BCUT2D eigenvalue weighted by Gasteiger charge is 2.19. The fourth-order valence-corrected chi connectivity index (χ4v) is 3.01. The molecule has 1 amide bonds. The van der Waals surface area contributed by atoms with E-state index in [1.807, 2.05) is 0 Å². The molecule has 0 saturated heterocycles. The number of carboxylic acid groups (broad SMARTS) is 1. The second-order valence-electron chi connectivity index (χ2n) is 6.96. The number of aliphatic carboxylic acids is 1. The SMILES string of the molecule is C=C/C(F)=C(\C=C(/C)CN)c1nc(C(=O)Nc2ccccc2CC(=O)O)c2cccn2n1. The summed E-state index contributed by atoms with van der Waals surface area (Å²) in [6.45, 7) is 5.39. The molecule has 0 spiro atoms.